The molecule has 180 valence electrons. The monoisotopic (exact) mass is 495 g/mol. The zero-order chi connectivity index (χ0) is 24.3. The van der Waals surface area contributed by atoms with Gasteiger partial charge in [0, 0.05) is 18.7 Å². The number of rotatable bonds is 6. The molecule has 1 fully saturated rings. The highest BCUT2D eigenvalue weighted by molar-refractivity contribution is 7.89. The standard InChI is InChI=1S/C22H20F3N3O5S/c23-22(24,25)16-10-8-15(9-11-16)20-26-19(33-27-20)14-32-21(29)17-6-2-3-7-18(17)34(30,31)28-12-4-1-5-13-28/h2-3,6-11H,1,4-5,12-14H2. The van der Waals surface area contributed by atoms with Crippen LogP contribution in [0.25, 0.3) is 11.4 Å². The highest BCUT2D eigenvalue weighted by atomic mass is 32.2. The Labute approximate surface area is 193 Å². The van der Waals surface area contributed by atoms with Crippen molar-refractivity contribution < 1.29 is 35.6 Å². The topological polar surface area (TPSA) is 103 Å². The van der Waals surface area contributed by atoms with Crippen molar-refractivity contribution in [2.45, 2.75) is 36.9 Å². The molecule has 0 saturated carbocycles. The van der Waals surface area contributed by atoms with Crippen LogP contribution in [0.1, 0.15) is 41.1 Å². The van der Waals surface area contributed by atoms with Crippen LogP contribution in [-0.4, -0.2) is 41.9 Å². The Balaban J connectivity index is 1.46. The molecule has 0 unspecified atom stereocenters. The molecule has 12 heteroatoms. The van der Waals surface area contributed by atoms with Gasteiger partial charge in [0.05, 0.1) is 16.0 Å². The third-order valence-corrected chi connectivity index (χ3v) is 7.26. The molecule has 2 aromatic carbocycles. The summed E-state index contributed by atoms with van der Waals surface area (Å²) in [5, 5.41) is 3.69. The lowest BCUT2D eigenvalue weighted by molar-refractivity contribution is -0.137. The largest absolute Gasteiger partial charge is 0.452 e. The summed E-state index contributed by atoms with van der Waals surface area (Å²) in [6.07, 6.45) is -2.00. The first-order chi connectivity index (χ1) is 16.2. The number of esters is 1. The van der Waals surface area contributed by atoms with Crippen molar-refractivity contribution in [3.63, 3.8) is 0 Å². The zero-order valence-electron chi connectivity index (χ0n) is 17.8. The maximum Gasteiger partial charge on any atom is 0.416 e. The second-order valence-electron chi connectivity index (χ2n) is 7.62. The molecule has 1 aliphatic heterocycles. The Kier molecular flexibility index (Phi) is 6.71. The zero-order valence-corrected chi connectivity index (χ0v) is 18.6. The maximum atomic E-state index is 13.0. The number of carbonyl (C=O) groups is 1. The van der Waals surface area contributed by atoms with Crippen LogP contribution in [0.3, 0.4) is 0 Å². The van der Waals surface area contributed by atoms with E-state index in [0.29, 0.717) is 13.1 Å². The summed E-state index contributed by atoms with van der Waals surface area (Å²) < 4.78 is 75.8. The van der Waals surface area contributed by atoms with Gasteiger partial charge < -0.3 is 9.26 Å². The smallest absolute Gasteiger partial charge is 0.416 e. The van der Waals surface area contributed by atoms with Crippen molar-refractivity contribution in [3.8, 4) is 11.4 Å². The van der Waals surface area contributed by atoms with E-state index in [9.17, 15) is 26.4 Å². The SMILES string of the molecule is O=C(OCc1nc(-c2ccc(C(F)(F)F)cc2)no1)c1ccccc1S(=O)(=O)N1CCCCC1. The second-order valence-corrected chi connectivity index (χ2v) is 9.53. The van der Waals surface area contributed by atoms with E-state index in [1.54, 1.807) is 0 Å². The van der Waals surface area contributed by atoms with E-state index in [0.717, 1.165) is 31.4 Å². The molecule has 4 rings (SSSR count). The van der Waals surface area contributed by atoms with Gasteiger partial charge in [0.25, 0.3) is 5.89 Å². The minimum Gasteiger partial charge on any atom is -0.452 e. The van der Waals surface area contributed by atoms with E-state index in [4.69, 9.17) is 9.26 Å². The van der Waals surface area contributed by atoms with Crippen LogP contribution >= 0.6 is 0 Å². The highest BCUT2D eigenvalue weighted by Gasteiger charge is 2.31. The number of hydrogen-bond acceptors (Lipinski definition) is 7. The lowest BCUT2D eigenvalue weighted by atomic mass is 10.1. The summed E-state index contributed by atoms with van der Waals surface area (Å²) in [7, 11) is -3.87. The number of halogens is 3. The first kappa shape index (κ1) is 23.9. The van der Waals surface area contributed by atoms with E-state index in [2.05, 4.69) is 10.1 Å². The molecule has 0 amide bonds. The number of hydrogen-bond donors (Lipinski definition) is 0. The third-order valence-electron chi connectivity index (χ3n) is 5.31. The second kappa shape index (κ2) is 9.55. The van der Waals surface area contributed by atoms with Gasteiger partial charge in [0.15, 0.2) is 6.61 Å². The van der Waals surface area contributed by atoms with Gasteiger partial charge in [0.2, 0.25) is 15.8 Å². The third kappa shape index (κ3) is 5.12. The Morgan fingerprint density at radius 1 is 1.03 bits per heavy atom. The normalized spacial score (nSPS) is 15.3. The molecule has 2 heterocycles. The van der Waals surface area contributed by atoms with E-state index in [-0.39, 0.29) is 27.7 Å². The fourth-order valence-electron chi connectivity index (χ4n) is 3.55. The van der Waals surface area contributed by atoms with Crippen LogP contribution in [0.2, 0.25) is 0 Å². The van der Waals surface area contributed by atoms with Gasteiger partial charge in [-0.15, -0.1) is 0 Å². The minimum absolute atomic E-state index is 0.0212. The van der Waals surface area contributed by atoms with E-state index in [1.165, 1.54) is 40.7 Å². The van der Waals surface area contributed by atoms with Gasteiger partial charge in [-0.1, -0.05) is 35.8 Å². The summed E-state index contributed by atoms with van der Waals surface area (Å²) >= 11 is 0. The maximum absolute atomic E-state index is 13.0. The molecule has 34 heavy (non-hydrogen) atoms. The summed E-state index contributed by atoms with van der Waals surface area (Å²) in [5.74, 6) is -0.960. The van der Waals surface area contributed by atoms with Crippen molar-refractivity contribution in [2.75, 3.05) is 13.1 Å². The first-order valence-corrected chi connectivity index (χ1v) is 11.9. The van der Waals surface area contributed by atoms with Gasteiger partial charge in [-0.05, 0) is 37.1 Å². The number of ether oxygens (including phenoxy) is 1. The van der Waals surface area contributed by atoms with Crippen LogP contribution in [0.15, 0.2) is 57.9 Å². The summed E-state index contributed by atoms with van der Waals surface area (Å²) in [5.41, 5.74) is -0.644. The van der Waals surface area contributed by atoms with Crippen molar-refractivity contribution in [3.05, 3.63) is 65.5 Å². The summed E-state index contributed by atoms with van der Waals surface area (Å²) in [4.78, 5) is 16.6. The van der Waals surface area contributed by atoms with Crippen molar-refractivity contribution in [1.29, 1.82) is 0 Å². The fourth-order valence-corrected chi connectivity index (χ4v) is 5.25. The molecule has 0 bridgehead atoms. The predicted molar refractivity (Wildman–Crippen MR) is 113 cm³/mol. The van der Waals surface area contributed by atoms with Crippen molar-refractivity contribution >= 4 is 16.0 Å². The molecular weight excluding hydrogens is 475 g/mol. The lowest BCUT2D eigenvalue weighted by Crippen LogP contribution is -2.36. The van der Waals surface area contributed by atoms with Gasteiger partial charge in [-0.25, -0.2) is 13.2 Å². The van der Waals surface area contributed by atoms with Gasteiger partial charge >= 0.3 is 12.1 Å². The Hall–Kier alpha value is -3.25. The average molecular weight is 495 g/mol. The van der Waals surface area contributed by atoms with Crippen LogP contribution in [-0.2, 0) is 27.5 Å². The number of piperidine rings is 1. The molecule has 0 aliphatic carbocycles. The van der Waals surface area contributed by atoms with Crippen LogP contribution in [0.4, 0.5) is 13.2 Å². The number of sulfonamides is 1. The van der Waals surface area contributed by atoms with E-state index < -0.39 is 34.3 Å². The molecular formula is C22H20F3N3O5S. The van der Waals surface area contributed by atoms with Crippen molar-refractivity contribution in [2.24, 2.45) is 0 Å². The molecule has 1 aliphatic rings. The van der Waals surface area contributed by atoms with Crippen LogP contribution in [0, 0.1) is 0 Å². The molecule has 0 N–H and O–H groups in total. The number of aromatic nitrogens is 2. The number of alkyl halides is 3. The van der Waals surface area contributed by atoms with Crippen LogP contribution in [0.5, 0.6) is 0 Å². The lowest BCUT2D eigenvalue weighted by Gasteiger charge is -2.26. The quantitative estimate of drug-likeness (QED) is 0.470. The predicted octanol–water partition coefficient (Wildman–Crippen LogP) is 4.29. The highest BCUT2D eigenvalue weighted by Crippen LogP contribution is 2.30. The first-order valence-electron chi connectivity index (χ1n) is 10.4. The Bertz CT molecular complexity index is 1270. The number of benzene rings is 2. The fraction of sp³-hybridized carbons (Fsp3) is 0.318. The summed E-state index contributed by atoms with van der Waals surface area (Å²) in [6, 6.07) is 9.96. The molecule has 0 radical (unpaired) electrons. The Morgan fingerprint density at radius 3 is 2.38 bits per heavy atom. The minimum atomic E-state index is -4.47. The van der Waals surface area contributed by atoms with E-state index >= 15 is 0 Å². The molecule has 1 aromatic heterocycles. The molecule has 0 spiro atoms. The molecule has 0 atom stereocenters. The summed E-state index contributed by atoms with van der Waals surface area (Å²) in [6.45, 7) is 0.339. The molecule has 8 nitrogen and oxygen atoms in total. The average Bonchev–Trinajstić information content (AvgIpc) is 3.32. The van der Waals surface area contributed by atoms with Gasteiger partial charge in [0.1, 0.15) is 0 Å². The number of nitrogens with zero attached hydrogens (tertiary/aromatic N) is 3. The van der Waals surface area contributed by atoms with Gasteiger partial charge in [-0.2, -0.15) is 22.5 Å². The molecule has 3 aromatic rings. The Morgan fingerprint density at radius 2 is 1.71 bits per heavy atom. The van der Waals surface area contributed by atoms with Crippen molar-refractivity contribution in [1.82, 2.24) is 14.4 Å². The van der Waals surface area contributed by atoms with Gasteiger partial charge in [-0.3, -0.25) is 0 Å². The van der Waals surface area contributed by atoms with E-state index in [1.807, 2.05) is 0 Å². The van der Waals surface area contributed by atoms with Crippen LogP contribution < -0.4 is 0 Å². The molecule has 1 saturated heterocycles. The number of carbonyl (C=O) groups excluding carboxylic acids is 1.